The minimum atomic E-state index is 0.460. The van der Waals surface area contributed by atoms with Crippen molar-refractivity contribution in [2.45, 2.75) is 96.2 Å². The molecule has 0 amide bonds. The van der Waals surface area contributed by atoms with Gasteiger partial charge in [-0.2, -0.15) is 0 Å². The maximum Gasteiger partial charge on any atom is 0.0649 e. The highest BCUT2D eigenvalue weighted by Crippen LogP contribution is 2.68. The molecule has 0 N–H and O–H groups in total. The topological polar surface area (TPSA) is 15.6 Å². The molecular formula is C44H52N2. The number of hydrogen-bond acceptors (Lipinski definition) is 2. The fourth-order valence-corrected chi connectivity index (χ4v) is 13.8. The van der Waals surface area contributed by atoms with Crippen LogP contribution in [-0.2, 0) is 0 Å². The molecule has 2 heterocycles. The Morgan fingerprint density at radius 2 is 1.33 bits per heavy atom. The van der Waals surface area contributed by atoms with E-state index in [9.17, 15) is 0 Å². The summed E-state index contributed by atoms with van der Waals surface area (Å²) in [6.07, 6.45) is 14.4. The molecule has 2 aliphatic heterocycles. The Kier molecular flexibility index (Phi) is 6.63. The third-order valence-corrected chi connectivity index (χ3v) is 15.4. The summed E-state index contributed by atoms with van der Waals surface area (Å²) in [5, 5.41) is 2.74. The summed E-state index contributed by atoms with van der Waals surface area (Å²) in [5.41, 5.74) is 5.84. The highest BCUT2D eigenvalue weighted by Gasteiger charge is 2.66. The number of hydrogen-bond donors (Lipinski definition) is 0. The van der Waals surface area contributed by atoms with Crippen LogP contribution in [0.5, 0.6) is 0 Å². The lowest BCUT2D eigenvalue weighted by Gasteiger charge is -2.51. The predicted molar refractivity (Wildman–Crippen MR) is 189 cm³/mol. The molecule has 13 atom stereocenters. The minimum Gasteiger partial charge on any atom is -0.365 e. The van der Waals surface area contributed by atoms with Crippen molar-refractivity contribution in [2.24, 2.45) is 64.2 Å². The monoisotopic (exact) mass is 608 g/mol. The summed E-state index contributed by atoms with van der Waals surface area (Å²) < 4.78 is 0. The molecule has 2 nitrogen and oxygen atoms in total. The molecular weight excluding hydrogens is 556 g/mol. The van der Waals surface area contributed by atoms with E-state index in [1.807, 2.05) is 0 Å². The van der Waals surface area contributed by atoms with Crippen LogP contribution >= 0.6 is 0 Å². The zero-order valence-electron chi connectivity index (χ0n) is 28.0. The third-order valence-electron chi connectivity index (χ3n) is 15.4. The van der Waals surface area contributed by atoms with Gasteiger partial charge in [0.25, 0.3) is 0 Å². The fraction of sp³-hybridized carbons (Fsp3) is 0.568. The molecule has 0 spiro atoms. The van der Waals surface area contributed by atoms with E-state index >= 15 is 0 Å². The van der Waals surface area contributed by atoms with E-state index in [1.165, 1.54) is 91.6 Å². The number of anilines is 1. The van der Waals surface area contributed by atoms with Gasteiger partial charge in [0.1, 0.15) is 0 Å². The van der Waals surface area contributed by atoms with Crippen LogP contribution in [0, 0.1) is 59.2 Å². The Labute approximate surface area is 276 Å². The van der Waals surface area contributed by atoms with E-state index in [2.05, 4.69) is 97.6 Å². The van der Waals surface area contributed by atoms with E-state index < -0.39 is 0 Å². The maximum absolute atomic E-state index is 5.94. The normalized spacial score (nSPS) is 42.0. The first-order valence-corrected chi connectivity index (χ1v) is 19.2. The van der Waals surface area contributed by atoms with Gasteiger partial charge in [-0.15, -0.1) is 0 Å². The van der Waals surface area contributed by atoms with Crippen molar-refractivity contribution in [3.8, 4) is 11.1 Å². The van der Waals surface area contributed by atoms with Gasteiger partial charge in [-0.25, -0.2) is 0 Å². The Morgan fingerprint density at radius 1 is 0.587 bits per heavy atom. The summed E-state index contributed by atoms with van der Waals surface area (Å²) >= 11 is 0. The Balaban J connectivity index is 1.15. The van der Waals surface area contributed by atoms with Gasteiger partial charge in [-0.05, 0) is 146 Å². The van der Waals surface area contributed by atoms with Crippen LogP contribution in [0.4, 0.5) is 5.69 Å². The van der Waals surface area contributed by atoms with E-state index in [0.29, 0.717) is 35.9 Å². The molecule has 3 aromatic carbocycles. The summed E-state index contributed by atoms with van der Waals surface area (Å²) in [4.78, 5) is 9.00. The number of nitrogens with zero attached hydrogens (tertiary/aromatic N) is 2. The van der Waals surface area contributed by atoms with Gasteiger partial charge in [0, 0.05) is 17.8 Å². The van der Waals surface area contributed by atoms with Crippen LogP contribution in [0.2, 0.25) is 0 Å². The molecule has 5 saturated carbocycles. The molecule has 3 aromatic rings. The van der Waals surface area contributed by atoms with Crippen molar-refractivity contribution >= 4 is 11.3 Å². The average Bonchev–Trinajstić information content (AvgIpc) is 3.58. The number of rotatable bonds is 2. The Bertz CT molecular complexity index is 1740. The van der Waals surface area contributed by atoms with E-state index in [4.69, 9.17) is 4.99 Å². The molecule has 2 heteroatoms. The second-order valence-electron chi connectivity index (χ2n) is 16.8. The van der Waals surface area contributed by atoms with Gasteiger partial charge in [0.15, 0.2) is 0 Å². The molecule has 10 rings (SSSR count). The van der Waals surface area contributed by atoms with Crippen LogP contribution in [-0.4, -0.2) is 18.1 Å². The first kappa shape index (κ1) is 28.2. The quantitative estimate of drug-likeness (QED) is 0.284. The third kappa shape index (κ3) is 4.03. The van der Waals surface area contributed by atoms with Crippen molar-refractivity contribution in [1.29, 1.82) is 0 Å². The van der Waals surface area contributed by atoms with Crippen molar-refractivity contribution < 1.29 is 0 Å². The Morgan fingerprint density at radius 3 is 2.20 bits per heavy atom. The lowest BCUT2D eigenvalue weighted by atomic mass is 9.54. The maximum atomic E-state index is 5.94. The SMILES string of the molecule is CC1=c2ccccc2=NC2C3CCCC4C3C3C5C(CCC3N4c3cccc(-c4ccccc4)c3)C3CCCCC3C5CC2[C@@H]1C. The molecule has 46 heavy (non-hydrogen) atoms. The first-order valence-electron chi connectivity index (χ1n) is 19.2. The molecule has 0 radical (unpaired) electrons. The Hall–Kier alpha value is -2.87. The van der Waals surface area contributed by atoms with E-state index in [-0.39, 0.29) is 0 Å². The van der Waals surface area contributed by atoms with Crippen LogP contribution in [0.3, 0.4) is 0 Å². The summed E-state index contributed by atoms with van der Waals surface area (Å²) in [6.45, 7) is 5.07. The molecule has 6 fully saturated rings. The van der Waals surface area contributed by atoms with Gasteiger partial charge in [-0.3, -0.25) is 4.99 Å². The highest BCUT2D eigenvalue weighted by atomic mass is 15.2. The van der Waals surface area contributed by atoms with Crippen LogP contribution in [0.15, 0.2) is 83.9 Å². The smallest absolute Gasteiger partial charge is 0.0649 e. The molecule has 1 saturated heterocycles. The lowest BCUT2D eigenvalue weighted by Crippen LogP contribution is -2.50. The number of benzene rings is 3. The lowest BCUT2D eigenvalue weighted by molar-refractivity contribution is 0.00126. The van der Waals surface area contributed by atoms with Crippen molar-refractivity contribution in [3.05, 3.63) is 89.4 Å². The number of fused-ring (bicyclic) bond motifs is 6. The van der Waals surface area contributed by atoms with Gasteiger partial charge < -0.3 is 4.90 Å². The zero-order chi connectivity index (χ0) is 30.5. The summed E-state index contributed by atoms with van der Waals surface area (Å²) in [5.74, 6) is 8.41. The molecule has 0 aromatic heterocycles. The molecule has 12 unspecified atom stereocenters. The van der Waals surface area contributed by atoms with Gasteiger partial charge >= 0.3 is 0 Å². The highest BCUT2D eigenvalue weighted by molar-refractivity contribution is 5.69. The molecule has 238 valence electrons. The summed E-state index contributed by atoms with van der Waals surface area (Å²) in [7, 11) is 0. The average molecular weight is 609 g/mol. The van der Waals surface area contributed by atoms with Crippen molar-refractivity contribution in [1.82, 2.24) is 0 Å². The molecule has 5 aliphatic carbocycles. The molecule has 0 bridgehead atoms. The standard InChI is InChI=1S/C44H52N2/c1-26-27(2)36-25-37-33-18-7-6-17-32(33)34-22-23-40-43(41(34)37)42-35(44(36)45-38-20-9-8-16-31(26)38)19-11-21-39(42)46(40)30-15-10-14-29(24-30)28-12-4-3-5-13-28/h3-5,8-10,12-16,20,24,27,32-37,39-44H,6-7,11,17-19,21-23,25H2,1-2H3/t27-,32?,33?,34?,35?,36?,37?,39?,40?,41?,42?,43?,44?/m1/s1. The predicted octanol–water partition coefficient (Wildman–Crippen LogP) is 8.93. The van der Waals surface area contributed by atoms with Crippen molar-refractivity contribution in [2.75, 3.05) is 4.90 Å². The minimum absolute atomic E-state index is 0.460. The van der Waals surface area contributed by atoms with Gasteiger partial charge in [-0.1, -0.05) is 92.4 Å². The van der Waals surface area contributed by atoms with Crippen molar-refractivity contribution in [3.63, 3.8) is 0 Å². The largest absolute Gasteiger partial charge is 0.365 e. The van der Waals surface area contributed by atoms with E-state index in [0.717, 1.165) is 41.4 Å². The zero-order valence-corrected chi connectivity index (χ0v) is 28.0. The first-order chi connectivity index (χ1) is 22.7. The fourth-order valence-electron chi connectivity index (χ4n) is 13.8. The van der Waals surface area contributed by atoms with Crippen LogP contribution < -0.4 is 15.5 Å². The summed E-state index contributed by atoms with van der Waals surface area (Å²) in [6, 6.07) is 31.9. The molecule has 7 aliphatic rings. The van der Waals surface area contributed by atoms with Crippen LogP contribution in [0.1, 0.15) is 78.1 Å². The van der Waals surface area contributed by atoms with Gasteiger partial charge in [0.05, 0.1) is 11.4 Å². The van der Waals surface area contributed by atoms with Gasteiger partial charge in [0.2, 0.25) is 0 Å². The second-order valence-corrected chi connectivity index (χ2v) is 16.8. The van der Waals surface area contributed by atoms with Crippen LogP contribution in [0.25, 0.3) is 16.7 Å². The van der Waals surface area contributed by atoms with E-state index in [1.54, 1.807) is 5.57 Å². The number of para-hydroxylation sites is 1. The second kappa shape index (κ2) is 10.8.